The van der Waals surface area contributed by atoms with Crippen LogP contribution in [-0.4, -0.2) is 59.8 Å². The molecule has 0 saturated carbocycles. The summed E-state index contributed by atoms with van der Waals surface area (Å²) in [5.41, 5.74) is 5.65. The predicted octanol–water partition coefficient (Wildman–Crippen LogP) is -1.70. The van der Waals surface area contributed by atoms with Gasteiger partial charge in [0.25, 0.3) is 0 Å². The molecule has 2 atom stereocenters. The van der Waals surface area contributed by atoms with Crippen LogP contribution in [0.2, 0.25) is 0 Å². The third-order valence-corrected chi connectivity index (χ3v) is 5.39. The average Bonchev–Trinajstić information content (AvgIpc) is 2.46. The zero-order valence-corrected chi connectivity index (χ0v) is 15.2. The number of hydrogen-bond donors (Lipinski definition) is 2. The van der Waals surface area contributed by atoms with E-state index in [1.54, 1.807) is 19.1 Å². The Balaban J connectivity index is 2.30. The zero-order valence-electron chi connectivity index (χ0n) is 13.1. The van der Waals surface area contributed by atoms with Gasteiger partial charge in [0.1, 0.15) is 0 Å². The Morgan fingerprint density at radius 3 is 2.90 bits per heavy atom. The molecule has 1 aliphatic heterocycles. The van der Waals surface area contributed by atoms with Crippen molar-refractivity contribution in [3.05, 3.63) is 0 Å². The molecular weight excluding hydrogens is 390 g/mol. The van der Waals surface area contributed by atoms with E-state index < -0.39 is 33.8 Å². The summed E-state index contributed by atoms with van der Waals surface area (Å²) in [7, 11) is 3.38. The van der Waals surface area contributed by atoms with Gasteiger partial charge in [-0.05, 0) is 0 Å². The van der Waals surface area contributed by atoms with Gasteiger partial charge in [-0.2, -0.15) is 0 Å². The van der Waals surface area contributed by atoms with E-state index in [2.05, 4.69) is 17.9 Å². The van der Waals surface area contributed by atoms with Crippen LogP contribution in [0.15, 0.2) is 0 Å². The van der Waals surface area contributed by atoms with Crippen molar-refractivity contribution in [1.29, 1.82) is 0 Å². The Hall–Kier alpha value is -0.190. The minimum atomic E-state index is -1.07. The van der Waals surface area contributed by atoms with Crippen molar-refractivity contribution in [1.82, 2.24) is 20.9 Å². The van der Waals surface area contributed by atoms with E-state index in [-0.39, 0.29) is 12.6 Å². The molecule has 0 radical (unpaired) electrons. The summed E-state index contributed by atoms with van der Waals surface area (Å²) in [4.78, 5) is 13.4. The predicted molar refractivity (Wildman–Crippen MR) is 75.7 cm³/mol. The molecule has 0 aromatic rings. The van der Waals surface area contributed by atoms with Crippen LogP contribution in [0.4, 0.5) is 9.18 Å². The van der Waals surface area contributed by atoms with Crippen molar-refractivity contribution in [2.45, 2.75) is 44.8 Å². The van der Waals surface area contributed by atoms with Gasteiger partial charge in [0.2, 0.25) is 0 Å². The number of rotatable bonds is 8. The van der Waals surface area contributed by atoms with E-state index in [4.69, 9.17) is 3.07 Å². The van der Waals surface area contributed by atoms with Crippen molar-refractivity contribution in [3.63, 3.8) is 0 Å². The van der Waals surface area contributed by atoms with Gasteiger partial charge in [0.05, 0.1) is 0 Å². The van der Waals surface area contributed by atoms with Gasteiger partial charge in [-0.25, -0.2) is 0 Å². The normalized spacial score (nSPS) is 23.2. The van der Waals surface area contributed by atoms with Crippen LogP contribution < -0.4 is 32.6 Å². The maximum atomic E-state index is 14.2. The van der Waals surface area contributed by atoms with Gasteiger partial charge < -0.3 is 0 Å². The molecule has 6 nitrogen and oxygen atoms in total. The first-order valence-electron chi connectivity index (χ1n) is 7.44. The third-order valence-electron chi connectivity index (χ3n) is 3.50. The summed E-state index contributed by atoms with van der Waals surface area (Å²) in [6.07, 6.45) is 2.60. The second-order valence-electron chi connectivity index (χ2n) is 5.14. The van der Waals surface area contributed by atoms with Crippen molar-refractivity contribution in [2.24, 2.45) is 0 Å². The standard InChI is InChI=1S/C13H27FIN4O2/c1-4-5-6-8-15-21-13(20)18(3)12-7-9-19(17-16-2)10-11(12)14/h11-12,16-17H,4-10H2,1-3H3/q-1. The van der Waals surface area contributed by atoms with E-state index in [1.807, 2.05) is 0 Å². The number of nitrogens with one attached hydrogen (secondary N) is 2. The second kappa shape index (κ2) is 10.5. The van der Waals surface area contributed by atoms with E-state index in [0.717, 1.165) is 10.8 Å². The zero-order chi connectivity index (χ0) is 15.7. The Morgan fingerprint density at radius 2 is 2.29 bits per heavy atom. The number of carbonyl (C=O) groups excluding carboxylic acids is 1. The molecule has 0 aromatic heterocycles. The van der Waals surface area contributed by atoms with Crippen molar-refractivity contribution in [3.8, 4) is 0 Å². The van der Waals surface area contributed by atoms with E-state index in [0.29, 0.717) is 13.0 Å². The maximum absolute atomic E-state index is 14.2. The fourth-order valence-electron chi connectivity index (χ4n) is 2.26. The van der Waals surface area contributed by atoms with Crippen LogP contribution in [-0.2, 0) is 3.07 Å². The van der Waals surface area contributed by atoms with E-state index in [9.17, 15) is 9.18 Å². The number of halogens is 2. The molecule has 1 rings (SSSR count). The number of carbonyl (C=O) groups is 1. The van der Waals surface area contributed by atoms with Gasteiger partial charge >= 0.3 is 137 Å². The summed E-state index contributed by atoms with van der Waals surface area (Å²) in [6.45, 7) is 3.10. The quantitative estimate of drug-likeness (QED) is 0.214. The molecule has 126 valence electrons. The number of amides is 1. The van der Waals surface area contributed by atoms with Gasteiger partial charge in [-0.1, -0.05) is 0 Å². The van der Waals surface area contributed by atoms with E-state index >= 15 is 0 Å². The summed E-state index contributed by atoms with van der Waals surface area (Å²) >= 11 is -0.560. The molecule has 1 heterocycles. The molecule has 1 amide bonds. The molecule has 1 saturated heterocycles. The van der Waals surface area contributed by atoms with E-state index in [1.165, 1.54) is 17.7 Å². The van der Waals surface area contributed by atoms with Gasteiger partial charge in [-0.15, -0.1) is 0 Å². The second-order valence-corrected chi connectivity index (χ2v) is 7.28. The van der Waals surface area contributed by atoms with Crippen molar-refractivity contribution >= 4 is 6.09 Å². The summed E-state index contributed by atoms with van der Waals surface area (Å²) in [5, 5.41) is 1.78. The first-order valence-corrected chi connectivity index (χ1v) is 9.85. The average molecular weight is 417 g/mol. The Morgan fingerprint density at radius 1 is 1.52 bits per heavy atom. The molecule has 0 aromatic carbocycles. The van der Waals surface area contributed by atoms with Crippen LogP contribution in [0.1, 0.15) is 32.6 Å². The fraction of sp³-hybridized carbons (Fsp3) is 0.923. The van der Waals surface area contributed by atoms with Gasteiger partial charge in [-0.3, -0.25) is 0 Å². The number of piperidine rings is 1. The topological polar surface area (TPSA) is 56.8 Å². The van der Waals surface area contributed by atoms with Crippen LogP contribution in [0, 0.1) is 0 Å². The molecule has 1 aliphatic rings. The van der Waals surface area contributed by atoms with Crippen molar-refractivity contribution < 1.29 is 33.9 Å². The number of unbranched alkanes of at least 4 members (excludes halogenated alkanes) is 2. The molecule has 2 unspecified atom stereocenters. The molecule has 0 spiro atoms. The van der Waals surface area contributed by atoms with Crippen LogP contribution in [0.3, 0.4) is 0 Å². The summed E-state index contributed by atoms with van der Waals surface area (Å²) in [6, 6.07) is -0.396. The number of alkyl halides is 2. The van der Waals surface area contributed by atoms with Gasteiger partial charge in [0.15, 0.2) is 0 Å². The summed E-state index contributed by atoms with van der Waals surface area (Å²) in [5.74, 6) is 0. The molecule has 0 aliphatic carbocycles. The number of hydrazine groups is 2. The first kappa shape index (κ1) is 18.9. The van der Waals surface area contributed by atoms with Crippen LogP contribution >= 0.6 is 0 Å². The van der Waals surface area contributed by atoms with Crippen LogP contribution in [0.5, 0.6) is 0 Å². The van der Waals surface area contributed by atoms with Gasteiger partial charge in [0, 0.05) is 0 Å². The van der Waals surface area contributed by atoms with Crippen LogP contribution in [0.25, 0.3) is 0 Å². The monoisotopic (exact) mass is 417 g/mol. The molecule has 0 bridgehead atoms. The SMILES string of the molecule is CCCCC[I-]OC(=O)N(C)C1CCN(NNC)CC1F. The Kier molecular flexibility index (Phi) is 9.45. The Bertz CT molecular complexity index is 312. The minimum absolute atomic E-state index is 0.259. The summed E-state index contributed by atoms with van der Waals surface area (Å²) < 4.78 is 20.5. The molecule has 8 heteroatoms. The fourth-order valence-corrected chi connectivity index (χ4v) is 3.91. The molecule has 1 fully saturated rings. The molecular formula is C13H27FIN4O2-. The number of hydrogen-bond acceptors (Lipinski definition) is 5. The third kappa shape index (κ3) is 6.62. The first-order chi connectivity index (χ1) is 10.1. The van der Waals surface area contributed by atoms with Crippen molar-refractivity contribution in [2.75, 3.05) is 31.6 Å². The molecule has 21 heavy (non-hydrogen) atoms. The molecule has 2 N–H and O–H groups in total. The Labute approximate surface area is 137 Å². The number of nitrogens with zero attached hydrogens (tertiary/aromatic N) is 2.